The predicted molar refractivity (Wildman–Crippen MR) is 65.0 cm³/mol. The van der Waals surface area contributed by atoms with E-state index >= 15 is 0 Å². The van der Waals surface area contributed by atoms with Crippen molar-refractivity contribution in [1.82, 2.24) is 9.80 Å². The quantitative estimate of drug-likeness (QED) is 0.703. The van der Waals surface area contributed by atoms with E-state index in [1.54, 1.807) is 0 Å². The maximum absolute atomic E-state index is 2.73. The van der Waals surface area contributed by atoms with E-state index in [2.05, 4.69) is 37.5 Å². The fourth-order valence-corrected chi connectivity index (χ4v) is 3.20. The summed E-state index contributed by atoms with van der Waals surface area (Å²) >= 11 is 0. The molecule has 0 spiro atoms. The van der Waals surface area contributed by atoms with Crippen molar-refractivity contribution in [2.45, 2.75) is 46.2 Å². The van der Waals surface area contributed by atoms with Crippen LogP contribution in [0.3, 0.4) is 0 Å². The van der Waals surface area contributed by atoms with Gasteiger partial charge in [-0.25, -0.2) is 0 Å². The van der Waals surface area contributed by atoms with Crippen LogP contribution in [0.25, 0.3) is 0 Å². The van der Waals surface area contributed by atoms with E-state index in [1.165, 1.54) is 32.6 Å². The molecule has 2 aliphatic rings. The van der Waals surface area contributed by atoms with Crippen LogP contribution in [0.5, 0.6) is 0 Å². The molecule has 0 amide bonds. The van der Waals surface area contributed by atoms with Crippen LogP contribution in [0.4, 0.5) is 0 Å². The number of piperidine rings is 1. The first-order chi connectivity index (χ1) is 7.06. The highest BCUT2D eigenvalue weighted by Gasteiger charge is 2.38. The van der Waals surface area contributed by atoms with Gasteiger partial charge in [-0.05, 0) is 32.1 Å². The van der Waals surface area contributed by atoms with E-state index < -0.39 is 0 Å². The smallest absolute Gasteiger partial charge is 0.0227 e. The van der Waals surface area contributed by atoms with Crippen molar-refractivity contribution < 1.29 is 0 Å². The van der Waals surface area contributed by atoms with Gasteiger partial charge in [0.1, 0.15) is 0 Å². The fraction of sp³-hybridized carbons (Fsp3) is 1.00. The molecule has 2 bridgehead atoms. The molecule has 2 unspecified atom stereocenters. The first kappa shape index (κ1) is 11.4. The summed E-state index contributed by atoms with van der Waals surface area (Å²) in [7, 11) is 0. The molecule has 88 valence electrons. The van der Waals surface area contributed by atoms with Crippen molar-refractivity contribution in [2.24, 2.45) is 11.8 Å². The summed E-state index contributed by atoms with van der Waals surface area (Å²) in [4.78, 5) is 5.40. The molecule has 0 aromatic heterocycles. The minimum absolute atomic E-state index is 0.731. The lowest BCUT2D eigenvalue weighted by Gasteiger charge is -2.35. The Morgan fingerprint density at radius 3 is 2.40 bits per heavy atom. The molecule has 0 aromatic carbocycles. The molecule has 2 heteroatoms. The Morgan fingerprint density at radius 1 is 1.07 bits per heavy atom. The van der Waals surface area contributed by atoms with Crippen LogP contribution in [-0.4, -0.2) is 48.1 Å². The average Bonchev–Trinajstić information content (AvgIpc) is 2.40. The van der Waals surface area contributed by atoms with Gasteiger partial charge in [-0.3, -0.25) is 9.80 Å². The molecule has 2 aliphatic heterocycles. The molecular formula is C13H26N2. The van der Waals surface area contributed by atoms with E-state index in [0.29, 0.717) is 0 Å². The summed E-state index contributed by atoms with van der Waals surface area (Å²) in [5, 5.41) is 0. The van der Waals surface area contributed by atoms with Gasteiger partial charge >= 0.3 is 0 Å². The normalized spacial score (nSPS) is 33.2. The summed E-state index contributed by atoms with van der Waals surface area (Å²) in [6.07, 6.45) is 1.45. The Balaban J connectivity index is 1.94. The van der Waals surface area contributed by atoms with Crippen molar-refractivity contribution in [1.29, 1.82) is 0 Å². The van der Waals surface area contributed by atoms with Gasteiger partial charge < -0.3 is 0 Å². The molecule has 2 rings (SSSR count). The van der Waals surface area contributed by atoms with Gasteiger partial charge in [0.05, 0.1) is 0 Å². The highest BCUT2D eigenvalue weighted by Crippen LogP contribution is 2.30. The summed E-state index contributed by atoms with van der Waals surface area (Å²) in [5.41, 5.74) is 0. The van der Waals surface area contributed by atoms with Crippen LogP contribution in [-0.2, 0) is 0 Å². The molecule has 0 radical (unpaired) electrons. The Labute approximate surface area is 94.6 Å². The maximum atomic E-state index is 2.73. The van der Waals surface area contributed by atoms with Crippen LogP contribution in [0.1, 0.15) is 34.1 Å². The molecule has 0 aromatic rings. The minimum Gasteiger partial charge on any atom is -0.299 e. The Bertz CT molecular complexity index is 213. The van der Waals surface area contributed by atoms with Crippen molar-refractivity contribution in [3.05, 3.63) is 0 Å². The fourth-order valence-electron chi connectivity index (χ4n) is 3.20. The minimum atomic E-state index is 0.731. The van der Waals surface area contributed by atoms with Crippen LogP contribution >= 0.6 is 0 Å². The number of rotatable bonds is 3. The largest absolute Gasteiger partial charge is 0.299 e. The lowest BCUT2D eigenvalue weighted by Crippen LogP contribution is -2.45. The third-order valence-electron chi connectivity index (χ3n) is 3.88. The van der Waals surface area contributed by atoms with Gasteiger partial charge in [0.25, 0.3) is 0 Å². The van der Waals surface area contributed by atoms with Crippen LogP contribution in [0.2, 0.25) is 0 Å². The lowest BCUT2D eigenvalue weighted by molar-refractivity contribution is 0.129. The number of hydrogen-bond donors (Lipinski definition) is 0. The summed E-state index contributed by atoms with van der Waals surface area (Å²) < 4.78 is 0. The van der Waals surface area contributed by atoms with Crippen molar-refractivity contribution in [2.75, 3.05) is 26.2 Å². The van der Waals surface area contributed by atoms with Crippen molar-refractivity contribution in [3.8, 4) is 0 Å². The molecule has 2 heterocycles. The zero-order chi connectivity index (χ0) is 11.0. The monoisotopic (exact) mass is 210 g/mol. The Hall–Kier alpha value is -0.0800. The molecule has 0 aliphatic carbocycles. The third kappa shape index (κ3) is 2.54. The third-order valence-corrected chi connectivity index (χ3v) is 3.88. The topological polar surface area (TPSA) is 6.48 Å². The summed E-state index contributed by atoms with van der Waals surface area (Å²) in [6, 6.07) is 1.59. The van der Waals surface area contributed by atoms with Crippen LogP contribution in [0.15, 0.2) is 0 Å². The van der Waals surface area contributed by atoms with Gasteiger partial charge in [-0.1, -0.05) is 13.8 Å². The number of fused-ring (bicyclic) bond motifs is 2. The van der Waals surface area contributed by atoms with Gasteiger partial charge in [0.2, 0.25) is 0 Å². The standard InChI is InChI=1S/C13H26N2/c1-10(2)6-15-8-12-5-13(15)9-14(7-12)11(3)4/h10-13H,5-9H2,1-4H3. The summed E-state index contributed by atoms with van der Waals surface area (Å²) in [6.45, 7) is 14.6. The highest BCUT2D eigenvalue weighted by atomic mass is 15.3. The van der Waals surface area contributed by atoms with Gasteiger partial charge in [0, 0.05) is 38.3 Å². The van der Waals surface area contributed by atoms with Crippen LogP contribution < -0.4 is 0 Å². The molecule has 0 saturated carbocycles. The average molecular weight is 210 g/mol. The maximum Gasteiger partial charge on any atom is 0.0227 e. The zero-order valence-corrected chi connectivity index (χ0v) is 10.7. The Kier molecular flexibility index (Phi) is 3.36. The van der Waals surface area contributed by atoms with Gasteiger partial charge in [-0.2, -0.15) is 0 Å². The number of hydrogen-bond acceptors (Lipinski definition) is 2. The molecule has 0 N–H and O–H groups in total. The highest BCUT2D eigenvalue weighted by molar-refractivity contribution is 4.94. The number of nitrogens with zero attached hydrogens (tertiary/aromatic N) is 2. The van der Waals surface area contributed by atoms with Crippen LogP contribution in [0, 0.1) is 11.8 Å². The van der Waals surface area contributed by atoms with E-state index in [9.17, 15) is 0 Å². The van der Waals surface area contributed by atoms with Crippen molar-refractivity contribution >= 4 is 0 Å². The molecule has 2 saturated heterocycles. The first-order valence-corrected chi connectivity index (χ1v) is 6.54. The summed E-state index contributed by atoms with van der Waals surface area (Å²) in [5.74, 6) is 1.77. The second-order valence-corrected chi connectivity index (χ2v) is 6.15. The lowest BCUT2D eigenvalue weighted by atomic mass is 9.99. The van der Waals surface area contributed by atoms with E-state index in [-0.39, 0.29) is 0 Å². The molecule has 15 heavy (non-hydrogen) atoms. The predicted octanol–water partition coefficient (Wildman–Crippen LogP) is 2.06. The molecule has 2 nitrogen and oxygen atoms in total. The van der Waals surface area contributed by atoms with Crippen molar-refractivity contribution in [3.63, 3.8) is 0 Å². The Morgan fingerprint density at radius 2 is 1.80 bits per heavy atom. The van der Waals surface area contributed by atoms with Gasteiger partial charge in [-0.15, -0.1) is 0 Å². The SMILES string of the molecule is CC(C)CN1CC2CC1CN(C(C)C)C2. The zero-order valence-electron chi connectivity index (χ0n) is 10.7. The molecule has 2 atom stereocenters. The molecular weight excluding hydrogens is 184 g/mol. The van der Waals surface area contributed by atoms with E-state index in [4.69, 9.17) is 0 Å². The van der Waals surface area contributed by atoms with Gasteiger partial charge in [0.15, 0.2) is 0 Å². The second-order valence-electron chi connectivity index (χ2n) is 6.15. The first-order valence-electron chi connectivity index (χ1n) is 6.54. The van der Waals surface area contributed by atoms with E-state index in [1.807, 2.05) is 0 Å². The second kappa shape index (κ2) is 4.42. The number of likely N-dealkylation sites (tertiary alicyclic amines) is 2. The molecule has 2 fully saturated rings. The van der Waals surface area contributed by atoms with E-state index in [0.717, 1.165) is 23.9 Å².